The van der Waals surface area contributed by atoms with Crippen LogP contribution in [-0.4, -0.2) is 19.7 Å². The second-order valence-corrected chi connectivity index (χ2v) is 9.09. The number of oxazole rings is 1. The Bertz CT molecular complexity index is 1250. The highest BCUT2D eigenvalue weighted by atomic mass is 32.2. The Morgan fingerprint density at radius 3 is 2.10 bits per heavy atom. The van der Waals surface area contributed by atoms with Crippen LogP contribution in [0.1, 0.15) is 11.5 Å². The number of hydrogen-bond acceptors (Lipinski definition) is 4. The summed E-state index contributed by atoms with van der Waals surface area (Å²) in [6, 6.07) is 22.6. The molecule has 0 aliphatic rings. The molecule has 0 aliphatic carbocycles. The summed E-state index contributed by atoms with van der Waals surface area (Å²) in [5, 5.41) is 0. The Kier molecular flexibility index (Phi) is 5.50. The van der Waals surface area contributed by atoms with Gasteiger partial charge in [0.2, 0.25) is 0 Å². The van der Waals surface area contributed by atoms with Crippen LogP contribution in [0, 0.1) is 5.82 Å². The molecule has 6 heteroatoms. The fraction of sp³-hybridized carbons (Fsp3) is 0.125. The average molecular weight is 421 g/mol. The lowest BCUT2D eigenvalue weighted by atomic mass is 10.1. The van der Waals surface area contributed by atoms with Gasteiger partial charge in [-0.1, -0.05) is 30.3 Å². The van der Waals surface area contributed by atoms with Gasteiger partial charge in [-0.2, -0.15) is 0 Å². The largest absolute Gasteiger partial charge is 0.440 e. The third-order valence-corrected chi connectivity index (χ3v) is 5.93. The summed E-state index contributed by atoms with van der Waals surface area (Å²) in [5.74, 6) is 0.774. The number of aryl methyl sites for hydroxylation is 2. The molecule has 0 unspecified atom stereocenters. The Morgan fingerprint density at radius 2 is 1.47 bits per heavy atom. The minimum atomic E-state index is -3.29. The summed E-state index contributed by atoms with van der Waals surface area (Å²) in [4.78, 5) is 4.90. The zero-order chi connectivity index (χ0) is 21.1. The van der Waals surface area contributed by atoms with E-state index < -0.39 is 9.84 Å². The topological polar surface area (TPSA) is 60.2 Å². The molecule has 0 fully saturated rings. The summed E-state index contributed by atoms with van der Waals surface area (Å²) < 4.78 is 43.0. The molecule has 0 saturated carbocycles. The Morgan fingerprint density at radius 1 is 0.833 bits per heavy atom. The van der Waals surface area contributed by atoms with Crippen LogP contribution in [0.25, 0.3) is 22.6 Å². The third kappa shape index (κ3) is 4.49. The molecule has 1 aromatic heterocycles. The molecule has 0 atom stereocenters. The van der Waals surface area contributed by atoms with E-state index in [0.29, 0.717) is 29.3 Å². The van der Waals surface area contributed by atoms with E-state index in [9.17, 15) is 12.8 Å². The normalized spacial score (nSPS) is 11.5. The SMILES string of the molecule is CS(=O)(=O)c1ccc(-c2oc(CCc3ccccc3)nc2-c2ccc(F)cc2)cc1. The Balaban J connectivity index is 1.71. The first-order valence-corrected chi connectivity index (χ1v) is 11.4. The average Bonchev–Trinajstić information content (AvgIpc) is 3.17. The van der Waals surface area contributed by atoms with Crippen LogP contribution in [0.5, 0.6) is 0 Å². The maximum Gasteiger partial charge on any atom is 0.195 e. The van der Waals surface area contributed by atoms with Gasteiger partial charge in [0.05, 0.1) is 4.90 Å². The molecular weight excluding hydrogens is 401 g/mol. The number of rotatable bonds is 6. The van der Waals surface area contributed by atoms with Gasteiger partial charge in [0.25, 0.3) is 0 Å². The molecule has 3 aromatic carbocycles. The molecule has 0 amide bonds. The molecule has 0 spiro atoms. The highest BCUT2D eigenvalue weighted by Crippen LogP contribution is 2.33. The van der Waals surface area contributed by atoms with Crippen molar-refractivity contribution in [3.8, 4) is 22.6 Å². The van der Waals surface area contributed by atoms with E-state index in [4.69, 9.17) is 4.42 Å². The van der Waals surface area contributed by atoms with E-state index in [1.54, 1.807) is 36.4 Å². The van der Waals surface area contributed by atoms with Gasteiger partial charge >= 0.3 is 0 Å². The predicted octanol–water partition coefficient (Wildman–Crippen LogP) is 5.34. The minimum Gasteiger partial charge on any atom is -0.440 e. The molecule has 0 saturated heterocycles. The van der Waals surface area contributed by atoms with Crippen molar-refractivity contribution in [1.82, 2.24) is 4.98 Å². The van der Waals surface area contributed by atoms with Crippen molar-refractivity contribution in [3.63, 3.8) is 0 Å². The zero-order valence-electron chi connectivity index (χ0n) is 16.4. The van der Waals surface area contributed by atoms with Crippen LogP contribution in [0.4, 0.5) is 4.39 Å². The zero-order valence-corrected chi connectivity index (χ0v) is 17.2. The van der Waals surface area contributed by atoms with E-state index in [2.05, 4.69) is 17.1 Å². The molecule has 0 aliphatic heterocycles. The molecule has 152 valence electrons. The van der Waals surface area contributed by atoms with Crippen LogP contribution < -0.4 is 0 Å². The molecule has 1 heterocycles. The third-order valence-electron chi connectivity index (χ3n) is 4.80. The van der Waals surface area contributed by atoms with Crippen molar-refractivity contribution in [2.24, 2.45) is 0 Å². The van der Waals surface area contributed by atoms with Gasteiger partial charge in [-0.05, 0) is 60.5 Å². The van der Waals surface area contributed by atoms with Crippen molar-refractivity contribution >= 4 is 9.84 Å². The van der Waals surface area contributed by atoms with Crippen molar-refractivity contribution in [3.05, 3.63) is 96.1 Å². The maximum atomic E-state index is 13.4. The molecule has 30 heavy (non-hydrogen) atoms. The number of hydrogen-bond donors (Lipinski definition) is 0. The number of halogens is 1. The lowest BCUT2D eigenvalue weighted by Crippen LogP contribution is -1.96. The van der Waals surface area contributed by atoms with Gasteiger partial charge in [0.15, 0.2) is 21.5 Å². The van der Waals surface area contributed by atoms with E-state index in [-0.39, 0.29) is 10.7 Å². The van der Waals surface area contributed by atoms with E-state index in [1.165, 1.54) is 24.0 Å². The minimum absolute atomic E-state index is 0.235. The molecule has 4 rings (SSSR count). The standard InChI is InChI=1S/C24H20FNO3S/c1-30(27,28)21-14-10-19(11-15-21)24-23(18-8-12-20(25)13-9-18)26-22(29-24)16-7-17-5-3-2-4-6-17/h2-6,8-15H,7,16H2,1H3. The van der Waals surface area contributed by atoms with Gasteiger partial charge in [0, 0.05) is 23.8 Å². The van der Waals surface area contributed by atoms with Crippen LogP contribution in [-0.2, 0) is 22.7 Å². The van der Waals surface area contributed by atoms with Crippen molar-refractivity contribution in [2.45, 2.75) is 17.7 Å². The van der Waals surface area contributed by atoms with Crippen molar-refractivity contribution < 1.29 is 17.2 Å². The summed E-state index contributed by atoms with van der Waals surface area (Å²) in [7, 11) is -3.29. The second kappa shape index (κ2) is 8.24. The fourth-order valence-corrected chi connectivity index (χ4v) is 3.85. The first-order chi connectivity index (χ1) is 14.4. The van der Waals surface area contributed by atoms with Crippen molar-refractivity contribution in [2.75, 3.05) is 6.26 Å². The first-order valence-electron chi connectivity index (χ1n) is 9.50. The molecule has 0 bridgehead atoms. The van der Waals surface area contributed by atoms with Crippen LogP contribution in [0.15, 0.2) is 88.2 Å². The molecule has 0 N–H and O–H groups in total. The van der Waals surface area contributed by atoms with Crippen molar-refractivity contribution in [1.29, 1.82) is 0 Å². The number of aromatic nitrogens is 1. The van der Waals surface area contributed by atoms with Gasteiger partial charge < -0.3 is 4.42 Å². The van der Waals surface area contributed by atoms with E-state index in [0.717, 1.165) is 12.0 Å². The van der Waals surface area contributed by atoms with Gasteiger partial charge in [-0.3, -0.25) is 0 Å². The number of benzene rings is 3. The number of nitrogens with zero attached hydrogens (tertiary/aromatic N) is 1. The highest BCUT2D eigenvalue weighted by Gasteiger charge is 2.18. The number of sulfone groups is 1. The molecule has 4 nitrogen and oxygen atoms in total. The van der Waals surface area contributed by atoms with E-state index in [1.807, 2.05) is 18.2 Å². The van der Waals surface area contributed by atoms with Crippen LogP contribution in [0.2, 0.25) is 0 Å². The summed E-state index contributed by atoms with van der Waals surface area (Å²) in [5.41, 5.74) is 3.22. The van der Waals surface area contributed by atoms with E-state index >= 15 is 0 Å². The highest BCUT2D eigenvalue weighted by molar-refractivity contribution is 7.90. The fourth-order valence-electron chi connectivity index (χ4n) is 3.22. The Hall–Kier alpha value is -3.25. The first kappa shape index (κ1) is 20.0. The summed E-state index contributed by atoms with van der Waals surface area (Å²) in [6.07, 6.45) is 2.55. The van der Waals surface area contributed by atoms with Gasteiger partial charge in [-0.25, -0.2) is 17.8 Å². The van der Waals surface area contributed by atoms with Crippen LogP contribution in [0.3, 0.4) is 0 Å². The lowest BCUT2D eigenvalue weighted by molar-refractivity contribution is 0.505. The summed E-state index contributed by atoms with van der Waals surface area (Å²) in [6.45, 7) is 0. The quantitative estimate of drug-likeness (QED) is 0.422. The van der Waals surface area contributed by atoms with Gasteiger partial charge in [0.1, 0.15) is 11.5 Å². The molecule has 4 aromatic rings. The lowest BCUT2D eigenvalue weighted by Gasteiger charge is -2.03. The maximum absolute atomic E-state index is 13.4. The monoisotopic (exact) mass is 421 g/mol. The molecular formula is C24H20FNO3S. The summed E-state index contributed by atoms with van der Waals surface area (Å²) >= 11 is 0. The predicted molar refractivity (Wildman–Crippen MR) is 114 cm³/mol. The van der Waals surface area contributed by atoms with Gasteiger partial charge in [-0.15, -0.1) is 0 Å². The Labute approximate surface area is 175 Å². The smallest absolute Gasteiger partial charge is 0.195 e. The van der Waals surface area contributed by atoms with Crippen LogP contribution >= 0.6 is 0 Å². The molecule has 0 radical (unpaired) electrons. The second-order valence-electron chi connectivity index (χ2n) is 7.07.